The summed E-state index contributed by atoms with van der Waals surface area (Å²) in [5.41, 5.74) is 2.09. The molecule has 0 spiro atoms. The number of benzene rings is 2. The van der Waals surface area contributed by atoms with E-state index in [2.05, 4.69) is 5.32 Å². The fraction of sp³-hybridized carbons (Fsp3) is 0.481. The van der Waals surface area contributed by atoms with Crippen molar-refractivity contribution in [1.29, 1.82) is 0 Å². The Morgan fingerprint density at radius 3 is 2.23 bits per heavy atom. The van der Waals surface area contributed by atoms with Gasteiger partial charge in [0, 0.05) is 12.6 Å². The second-order valence-electron chi connectivity index (χ2n) is 9.33. The van der Waals surface area contributed by atoms with Crippen molar-refractivity contribution >= 4 is 27.5 Å². The van der Waals surface area contributed by atoms with Crippen molar-refractivity contribution in [3.8, 4) is 0 Å². The maximum absolute atomic E-state index is 13.7. The van der Waals surface area contributed by atoms with E-state index < -0.39 is 22.0 Å². The molecular formula is C27H37N3O4S. The summed E-state index contributed by atoms with van der Waals surface area (Å²) >= 11 is 0. The average Bonchev–Trinajstić information content (AvgIpc) is 2.83. The fourth-order valence-corrected chi connectivity index (χ4v) is 5.59. The summed E-state index contributed by atoms with van der Waals surface area (Å²) in [4.78, 5) is 28.6. The van der Waals surface area contributed by atoms with Gasteiger partial charge in [-0.2, -0.15) is 0 Å². The normalized spacial score (nSPS) is 15.3. The highest BCUT2D eigenvalue weighted by Gasteiger charge is 2.33. The van der Waals surface area contributed by atoms with Crippen LogP contribution < -0.4 is 9.62 Å². The molecule has 2 aromatic carbocycles. The van der Waals surface area contributed by atoms with Crippen LogP contribution in [-0.4, -0.2) is 50.0 Å². The summed E-state index contributed by atoms with van der Waals surface area (Å²) in [7, 11) is -3.73. The van der Waals surface area contributed by atoms with E-state index in [1.165, 1.54) is 11.3 Å². The summed E-state index contributed by atoms with van der Waals surface area (Å²) < 4.78 is 26.6. The number of carbonyl (C=O) groups excluding carboxylic acids is 2. The first kappa shape index (κ1) is 26.7. The Morgan fingerprint density at radius 2 is 1.63 bits per heavy atom. The molecule has 2 amide bonds. The highest BCUT2D eigenvalue weighted by atomic mass is 32.2. The lowest BCUT2D eigenvalue weighted by atomic mass is 9.95. The molecule has 0 aromatic heterocycles. The maximum Gasteiger partial charge on any atom is 0.244 e. The lowest BCUT2D eigenvalue weighted by Gasteiger charge is -2.34. The van der Waals surface area contributed by atoms with Crippen LogP contribution in [0.3, 0.4) is 0 Å². The Kier molecular flexibility index (Phi) is 9.32. The van der Waals surface area contributed by atoms with Crippen LogP contribution in [-0.2, 0) is 26.2 Å². The average molecular weight is 500 g/mol. The van der Waals surface area contributed by atoms with Gasteiger partial charge in [0.05, 0.1) is 11.9 Å². The Labute approximate surface area is 209 Å². The van der Waals surface area contributed by atoms with E-state index in [1.54, 1.807) is 12.1 Å². The largest absolute Gasteiger partial charge is 0.352 e. The second kappa shape index (κ2) is 12.2. The predicted molar refractivity (Wildman–Crippen MR) is 139 cm³/mol. The van der Waals surface area contributed by atoms with Crippen LogP contribution in [0.15, 0.2) is 54.6 Å². The number of nitrogens with zero attached hydrogens (tertiary/aromatic N) is 2. The summed E-state index contributed by atoms with van der Waals surface area (Å²) in [5.74, 6) is -0.585. The first-order chi connectivity index (χ1) is 16.7. The first-order valence-electron chi connectivity index (χ1n) is 12.4. The minimum Gasteiger partial charge on any atom is -0.352 e. The quantitative estimate of drug-likeness (QED) is 0.535. The second-order valence-corrected chi connectivity index (χ2v) is 11.2. The van der Waals surface area contributed by atoms with E-state index in [0.29, 0.717) is 12.1 Å². The number of aryl methyl sites for hydroxylation is 1. The number of carbonyl (C=O) groups is 2. The molecule has 0 heterocycles. The van der Waals surface area contributed by atoms with Crippen LogP contribution in [0.2, 0.25) is 0 Å². The van der Waals surface area contributed by atoms with Crippen LogP contribution in [0.5, 0.6) is 0 Å². The molecule has 0 bridgehead atoms. The van der Waals surface area contributed by atoms with E-state index in [9.17, 15) is 18.0 Å². The third-order valence-electron chi connectivity index (χ3n) is 6.60. The van der Waals surface area contributed by atoms with Crippen molar-refractivity contribution in [2.45, 2.75) is 71.0 Å². The number of nitrogens with one attached hydrogen (secondary N) is 1. The molecule has 7 nitrogen and oxygen atoms in total. The summed E-state index contributed by atoms with van der Waals surface area (Å²) in [6.45, 7) is 3.55. The van der Waals surface area contributed by atoms with Gasteiger partial charge in [0.25, 0.3) is 0 Å². The zero-order valence-corrected chi connectivity index (χ0v) is 21.8. The molecule has 1 N–H and O–H groups in total. The Bertz CT molecular complexity index is 1100. The van der Waals surface area contributed by atoms with Crippen molar-refractivity contribution in [2.75, 3.05) is 17.1 Å². The number of anilines is 1. The number of para-hydroxylation sites is 1. The third-order valence-corrected chi connectivity index (χ3v) is 7.72. The molecule has 0 aliphatic heterocycles. The van der Waals surface area contributed by atoms with Crippen molar-refractivity contribution < 1.29 is 18.0 Å². The molecule has 1 aliphatic rings. The predicted octanol–water partition coefficient (Wildman–Crippen LogP) is 4.02. The minimum absolute atomic E-state index is 0.124. The monoisotopic (exact) mass is 499 g/mol. The standard InChI is InChI=1S/C27H37N3O4S/c1-4-24(27(32)28-23-16-9-6-10-17-23)29(19-22-14-7-5-8-15-22)26(31)20-30(35(3,33)34)25-18-12-11-13-21(25)2/h5,7-8,11-15,18,23-24H,4,6,9-10,16-17,19-20H2,1-3H3,(H,28,32)/t24-/m0/s1. The Morgan fingerprint density at radius 1 is 1.00 bits per heavy atom. The van der Waals surface area contributed by atoms with Crippen LogP contribution in [0, 0.1) is 6.92 Å². The van der Waals surface area contributed by atoms with E-state index in [1.807, 2.05) is 56.3 Å². The molecule has 1 saturated carbocycles. The number of sulfonamides is 1. The van der Waals surface area contributed by atoms with Gasteiger partial charge in [-0.1, -0.05) is 74.7 Å². The van der Waals surface area contributed by atoms with E-state index in [4.69, 9.17) is 0 Å². The number of amides is 2. The molecule has 3 rings (SSSR count). The van der Waals surface area contributed by atoms with Crippen LogP contribution in [0.4, 0.5) is 5.69 Å². The highest BCUT2D eigenvalue weighted by Crippen LogP contribution is 2.23. The molecule has 0 saturated heterocycles. The lowest BCUT2D eigenvalue weighted by molar-refractivity contribution is -0.140. The lowest BCUT2D eigenvalue weighted by Crippen LogP contribution is -2.54. The zero-order valence-electron chi connectivity index (χ0n) is 20.9. The van der Waals surface area contributed by atoms with Gasteiger partial charge in [-0.25, -0.2) is 8.42 Å². The van der Waals surface area contributed by atoms with Gasteiger partial charge in [0.2, 0.25) is 21.8 Å². The topological polar surface area (TPSA) is 86.8 Å². The number of hydrogen-bond acceptors (Lipinski definition) is 4. The van der Waals surface area contributed by atoms with Gasteiger partial charge in [-0.15, -0.1) is 0 Å². The Hall–Kier alpha value is -2.87. The molecule has 35 heavy (non-hydrogen) atoms. The first-order valence-corrected chi connectivity index (χ1v) is 14.2. The van der Waals surface area contributed by atoms with Gasteiger partial charge < -0.3 is 10.2 Å². The van der Waals surface area contributed by atoms with E-state index >= 15 is 0 Å². The van der Waals surface area contributed by atoms with Crippen LogP contribution in [0.1, 0.15) is 56.6 Å². The molecule has 0 unspecified atom stereocenters. The molecule has 1 atom stereocenters. The summed E-state index contributed by atoms with van der Waals surface area (Å²) in [5, 5.41) is 3.15. The fourth-order valence-electron chi connectivity index (χ4n) is 4.68. The number of rotatable bonds is 10. The molecule has 8 heteroatoms. The summed E-state index contributed by atoms with van der Waals surface area (Å²) in [6.07, 6.45) is 6.79. The SMILES string of the molecule is CC[C@@H](C(=O)NC1CCCCC1)N(Cc1ccccc1)C(=O)CN(c1ccccc1C)S(C)(=O)=O. The molecule has 2 aromatic rings. The van der Waals surface area contributed by atoms with Gasteiger partial charge >= 0.3 is 0 Å². The number of hydrogen-bond donors (Lipinski definition) is 1. The molecule has 0 radical (unpaired) electrons. The minimum atomic E-state index is -3.73. The Balaban J connectivity index is 1.90. The smallest absolute Gasteiger partial charge is 0.244 e. The zero-order chi connectivity index (χ0) is 25.4. The van der Waals surface area contributed by atoms with Crippen molar-refractivity contribution in [1.82, 2.24) is 10.2 Å². The molecule has 1 fully saturated rings. The van der Waals surface area contributed by atoms with E-state index in [0.717, 1.165) is 47.4 Å². The van der Waals surface area contributed by atoms with Crippen molar-refractivity contribution in [3.63, 3.8) is 0 Å². The molecule has 190 valence electrons. The summed E-state index contributed by atoms with van der Waals surface area (Å²) in [6, 6.07) is 16.0. The third kappa shape index (κ3) is 7.31. The van der Waals surface area contributed by atoms with E-state index in [-0.39, 0.29) is 25.0 Å². The molecular weight excluding hydrogens is 462 g/mol. The van der Waals surface area contributed by atoms with Crippen LogP contribution in [0.25, 0.3) is 0 Å². The van der Waals surface area contributed by atoms with Gasteiger partial charge in [0.15, 0.2) is 0 Å². The highest BCUT2D eigenvalue weighted by molar-refractivity contribution is 7.92. The van der Waals surface area contributed by atoms with Crippen molar-refractivity contribution in [2.24, 2.45) is 0 Å². The van der Waals surface area contributed by atoms with Gasteiger partial charge in [-0.05, 0) is 43.4 Å². The maximum atomic E-state index is 13.7. The van der Waals surface area contributed by atoms with Crippen molar-refractivity contribution in [3.05, 3.63) is 65.7 Å². The van der Waals surface area contributed by atoms with Crippen LogP contribution >= 0.6 is 0 Å². The molecule has 1 aliphatic carbocycles. The van der Waals surface area contributed by atoms with Gasteiger partial charge in [-0.3, -0.25) is 13.9 Å². The van der Waals surface area contributed by atoms with Gasteiger partial charge in [0.1, 0.15) is 12.6 Å².